The Morgan fingerprint density at radius 1 is 1.58 bits per heavy atom. The van der Waals surface area contributed by atoms with E-state index in [0.29, 0.717) is 24.7 Å². The van der Waals surface area contributed by atoms with Gasteiger partial charge >= 0.3 is 0 Å². The molecule has 1 fully saturated rings. The van der Waals surface area contributed by atoms with Gasteiger partial charge in [-0.05, 0) is 12.8 Å². The van der Waals surface area contributed by atoms with Gasteiger partial charge in [-0.2, -0.15) is 4.98 Å². The van der Waals surface area contributed by atoms with Gasteiger partial charge in [-0.3, -0.25) is 10.1 Å². The second kappa shape index (κ2) is 5.13. The molecule has 1 aliphatic carbocycles. The Kier molecular flexibility index (Phi) is 3.33. The summed E-state index contributed by atoms with van der Waals surface area (Å²) in [6.07, 6.45) is 6.81. The Balaban J connectivity index is 1.50. The zero-order valence-electron chi connectivity index (χ0n) is 11.0. The van der Waals surface area contributed by atoms with Crippen molar-refractivity contribution >= 4 is 5.91 Å². The highest BCUT2D eigenvalue weighted by atomic mass is 16.5. The van der Waals surface area contributed by atoms with E-state index in [0.717, 1.165) is 25.3 Å². The van der Waals surface area contributed by atoms with Crippen LogP contribution < -0.4 is 5.32 Å². The van der Waals surface area contributed by atoms with Crippen molar-refractivity contribution in [3.05, 3.63) is 23.9 Å². The number of nitrogens with one attached hydrogen (secondary N) is 1. The Bertz CT molecular complexity index is 493. The Morgan fingerprint density at radius 3 is 3.11 bits per heavy atom. The highest BCUT2D eigenvalue weighted by Gasteiger charge is 2.29. The number of rotatable bonds is 5. The normalized spacial score (nSPS) is 21.8. The third-order valence-corrected chi connectivity index (χ3v) is 3.51. The lowest BCUT2D eigenvalue weighted by Gasteiger charge is -2.19. The molecule has 0 aromatic carbocycles. The zero-order valence-corrected chi connectivity index (χ0v) is 11.0. The first-order chi connectivity index (χ1) is 9.24. The molecule has 1 unspecified atom stereocenters. The molecule has 0 bridgehead atoms. The molecule has 2 aliphatic rings. The molecule has 2 heterocycles. The number of likely N-dealkylation sites (N-methyl/N-ethyl adjacent to an activating group) is 1. The second-order valence-corrected chi connectivity index (χ2v) is 5.15. The van der Waals surface area contributed by atoms with E-state index in [9.17, 15) is 4.79 Å². The number of nitrogens with zero attached hydrogens (tertiary/aromatic N) is 3. The van der Waals surface area contributed by atoms with Crippen LogP contribution in [0.3, 0.4) is 0 Å². The van der Waals surface area contributed by atoms with Crippen LogP contribution >= 0.6 is 0 Å². The van der Waals surface area contributed by atoms with Crippen LogP contribution in [0.5, 0.6) is 0 Å². The summed E-state index contributed by atoms with van der Waals surface area (Å²) in [4.78, 5) is 18.1. The van der Waals surface area contributed by atoms with Crippen molar-refractivity contribution in [2.24, 2.45) is 0 Å². The molecule has 1 aromatic heterocycles. The maximum absolute atomic E-state index is 12.0. The van der Waals surface area contributed by atoms with Gasteiger partial charge < -0.3 is 9.42 Å². The van der Waals surface area contributed by atoms with Crippen molar-refractivity contribution in [3.8, 4) is 0 Å². The minimum absolute atomic E-state index is 0.0830. The minimum atomic E-state index is -0.183. The summed E-state index contributed by atoms with van der Waals surface area (Å²) < 4.78 is 5.19. The van der Waals surface area contributed by atoms with Crippen LogP contribution in [0.1, 0.15) is 30.5 Å². The molecule has 1 amide bonds. The summed E-state index contributed by atoms with van der Waals surface area (Å²) in [5, 5.41) is 7.06. The lowest BCUT2D eigenvalue weighted by molar-refractivity contribution is -0.130. The predicted molar refractivity (Wildman–Crippen MR) is 68.5 cm³/mol. The predicted octanol–water partition coefficient (Wildman–Crippen LogP) is 0.476. The molecule has 102 valence electrons. The molecule has 1 aliphatic heterocycles. The number of carbonyl (C=O) groups is 1. The summed E-state index contributed by atoms with van der Waals surface area (Å²) in [7, 11) is 1.80. The lowest BCUT2D eigenvalue weighted by Crippen LogP contribution is -2.42. The molecule has 1 saturated carbocycles. The quantitative estimate of drug-likeness (QED) is 0.781. The van der Waals surface area contributed by atoms with Crippen molar-refractivity contribution in [3.63, 3.8) is 0 Å². The highest BCUT2D eigenvalue weighted by Crippen LogP contribution is 2.38. The second-order valence-electron chi connectivity index (χ2n) is 5.15. The van der Waals surface area contributed by atoms with E-state index in [1.165, 1.54) is 0 Å². The topological polar surface area (TPSA) is 71.3 Å². The van der Waals surface area contributed by atoms with E-state index >= 15 is 0 Å². The van der Waals surface area contributed by atoms with Crippen LogP contribution in [0.15, 0.2) is 16.7 Å². The fraction of sp³-hybridized carbons (Fsp3) is 0.615. The van der Waals surface area contributed by atoms with Gasteiger partial charge in [0, 0.05) is 32.5 Å². The average Bonchev–Trinajstić information content (AvgIpc) is 2.96. The van der Waals surface area contributed by atoms with Gasteiger partial charge in [-0.25, -0.2) is 0 Å². The SMILES string of the molecule is CN(CCc1noc(C2CC2)n1)C(=O)C1C=CCN1. The first-order valence-corrected chi connectivity index (χ1v) is 6.71. The van der Waals surface area contributed by atoms with Crippen LogP contribution in [-0.4, -0.2) is 47.1 Å². The van der Waals surface area contributed by atoms with Gasteiger partial charge in [0.2, 0.25) is 11.8 Å². The van der Waals surface area contributed by atoms with Crippen LogP contribution in [0.2, 0.25) is 0 Å². The van der Waals surface area contributed by atoms with Crippen molar-refractivity contribution in [2.75, 3.05) is 20.1 Å². The number of carbonyl (C=O) groups excluding carboxylic acids is 1. The van der Waals surface area contributed by atoms with Gasteiger partial charge in [0.25, 0.3) is 0 Å². The van der Waals surface area contributed by atoms with E-state index in [1.54, 1.807) is 11.9 Å². The molecule has 0 saturated heterocycles. The highest BCUT2D eigenvalue weighted by molar-refractivity contribution is 5.84. The first-order valence-electron chi connectivity index (χ1n) is 6.71. The van der Waals surface area contributed by atoms with Crippen LogP contribution in [0, 0.1) is 0 Å². The van der Waals surface area contributed by atoms with E-state index in [1.807, 2.05) is 12.2 Å². The van der Waals surface area contributed by atoms with Crippen LogP contribution in [0.25, 0.3) is 0 Å². The van der Waals surface area contributed by atoms with Crippen LogP contribution in [0.4, 0.5) is 0 Å². The Morgan fingerprint density at radius 2 is 2.42 bits per heavy atom. The van der Waals surface area contributed by atoms with Crippen molar-refractivity contribution in [1.82, 2.24) is 20.4 Å². The molecular formula is C13H18N4O2. The summed E-state index contributed by atoms with van der Waals surface area (Å²) >= 11 is 0. The molecule has 1 atom stereocenters. The molecule has 0 radical (unpaired) electrons. The molecule has 6 nitrogen and oxygen atoms in total. The maximum atomic E-state index is 12.0. The minimum Gasteiger partial charge on any atom is -0.344 e. The van der Waals surface area contributed by atoms with Gasteiger partial charge in [-0.1, -0.05) is 17.3 Å². The van der Waals surface area contributed by atoms with Crippen molar-refractivity contribution in [2.45, 2.75) is 31.2 Å². The van der Waals surface area contributed by atoms with Gasteiger partial charge in [0.15, 0.2) is 5.82 Å². The lowest BCUT2D eigenvalue weighted by atomic mass is 10.2. The first kappa shape index (κ1) is 12.3. The van der Waals surface area contributed by atoms with Gasteiger partial charge in [0.1, 0.15) is 6.04 Å². The largest absolute Gasteiger partial charge is 0.344 e. The monoisotopic (exact) mass is 262 g/mol. The van der Waals surface area contributed by atoms with Gasteiger partial charge in [0.05, 0.1) is 0 Å². The summed E-state index contributed by atoms with van der Waals surface area (Å²) in [6.45, 7) is 1.37. The molecule has 1 aromatic rings. The van der Waals surface area contributed by atoms with E-state index in [-0.39, 0.29) is 11.9 Å². The molecule has 19 heavy (non-hydrogen) atoms. The fourth-order valence-corrected chi connectivity index (χ4v) is 2.12. The van der Waals surface area contributed by atoms with Crippen molar-refractivity contribution in [1.29, 1.82) is 0 Å². The smallest absolute Gasteiger partial charge is 0.243 e. The van der Waals surface area contributed by atoms with E-state index in [2.05, 4.69) is 15.5 Å². The summed E-state index contributed by atoms with van der Waals surface area (Å²) in [5.41, 5.74) is 0. The van der Waals surface area contributed by atoms with Crippen molar-refractivity contribution < 1.29 is 9.32 Å². The number of hydrogen-bond donors (Lipinski definition) is 1. The van der Waals surface area contributed by atoms with E-state index in [4.69, 9.17) is 4.52 Å². The molecule has 3 rings (SSSR count). The van der Waals surface area contributed by atoms with E-state index < -0.39 is 0 Å². The number of hydrogen-bond acceptors (Lipinski definition) is 5. The average molecular weight is 262 g/mol. The maximum Gasteiger partial charge on any atom is 0.243 e. The van der Waals surface area contributed by atoms with Crippen LogP contribution in [-0.2, 0) is 11.2 Å². The number of aromatic nitrogens is 2. The third-order valence-electron chi connectivity index (χ3n) is 3.51. The third kappa shape index (κ3) is 2.84. The summed E-state index contributed by atoms with van der Waals surface area (Å²) in [5.74, 6) is 2.01. The standard InChI is InChI=1S/C13H18N4O2/c1-17(13(18)10-3-2-7-14-10)8-6-11-15-12(19-16-11)9-4-5-9/h2-3,9-10,14H,4-8H2,1H3. The molecule has 1 N–H and O–H groups in total. The number of amides is 1. The Labute approximate surface area is 111 Å². The molecular weight excluding hydrogens is 244 g/mol. The fourth-order valence-electron chi connectivity index (χ4n) is 2.12. The molecule has 0 spiro atoms. The summed E-state index contributed by atoms with van der Waals surface area (Å²) in [6, 6.07) is -0.183. The Hall–Kier alpha value is -1.69. The zero-order chi connectivity index (χ0) is 13.2. The van der Waals surface area contributed by atoms with Gasteiger partial charge in [-0.15, -0.1) is 0 Å². The molecule has 6 heteroatoms.